The highest BCUT2D eigenvalue weighted by Crippen LogP contribution is 2.26. The molecule has 7 nitrogen and oxygen atoms in total. The molecule has 112 valence electrons. The number of thioether (sulfide) groups is 1. The van der Waals surface area contributed by atoms with Gasteiger partial charge < -0.3 is 9.15 Å². The van der Waals surface area contributed by atoms with Crippen molar-refractivity contribution in [3.05, 3.63) is 23.1 Å². The van der Waals surface area contributed by atoms with Crippen molar-refractivity contribution >= 4 is 51.7 Å². The average Bonchev–Trinajstić information content (AvgIpc) is 3.06. The highest BCUT2D eigenvalue weighted by Gasteiger charge is 2.14. The number of ether oxygens (including phenoxy) is 1. The first-order valence-electron chi connectivity index (χ1n) is 5.77. The smallest absolute Gasteiger partial charge is 0.316 e. The molecule has 0 aromatic carbocycles. The third-order valence-corrected chi connectivity index (χ3v) is 4.19. The van der Waals surface area contributed by atoms with Crippen LogP contribution in [0, 0.1) is 0 Å². The molecule has 0 unspecified atom stereocenters. The van der Waals surface area contributed by atoms with E-state index in [9.17, 15) is 9.59 Å². The summed E-state index contributed by atoms with van der Waals surface area (Å²) in [7, 11) is 0. The fraction of sp³-hybridized carbons (Fsp3) is 0.273. The summed E-state index contributed by atoms with van der Waals surface area (Å²) in [5.74, 6) is -0.575. The van der Waals surface area contributed by atoms with Crippen LogP contribution in [0.3, 0.4) is 0 Å². The molecule has 0 atom stereocenters. The summed E-state index contributed by atoms with van der Waals surface area (Å²) in [5, 5.41) is 10.6. The molecule has 0 fully saturated rings. The summed E-state index contributed by atoms with van der Waals surface area (Å²) in [6.07, 6.45) is 0. The molecule has 0 saturated carbocycles. The Hall–Kier alpha value is -1.58. The predicted octanol–water partition coefficient (Wildman–Crippen LogP) is 2.69. The van der Waals surface area contributed by atoms with Gasteiger partial charge in [-0.3, -0.25) is 14.9 Å². The van der Waals surface area contributed by atoms with E-state index in [4.69, 9.17) is 20.8 Å². The number of carbonyl (C=O) groups is 2. The number of nitrogens with one attached hydrogen (secondary N) is 1. The van der Waals surface area contributed by atoms with Crippen LogP contribution in [-0.2, 0) is 9.53 Å². The summed E-state index contributed by atoms with van der Waals surface area (Å²) in [5.41, 5.74) is 0. The number of hydrogen-bond acceptors (Lipinski definition) is 8. The van der Waals surface area contributed by atoms with Crippen LogP contribution in [0.1, 0.15) is 17.5 Å². The van der Waals surface area contributed by atoms with E-state index in [1.165, 1.54) is 23.9 Å². The van der Waals surface area contributed by atoms with Crippen molar-refractivity contribution in [2.45, 2.75) is 11.3 Å². The summed E-state index contributed by atoms with van der Waals surface area (Å²) >= 11 is 7.93. The summed E-state index contributed by atoms with van der Waals surface area (Å²) in [4.78, 5) is 23.0. The van der Waals surface area contributed by atoms with Crippen molar-refractivity contribution in [1.29, 1.82) is 0 Å². The Balaban J connectivity index is 1.88. The monoisotopic (exact) mass is 347 g/mol. The van der Waals surface area contributed by atoms with E-state index in [1.807, 2.05) is 0 Å². The zero-order chi connectivity index (χ0) is 15.2. The number of halogens is 1. The highest BCUT2D eigenvalue weighted by atomic mass is 35.5. The van der Waals surface area contributed by atoms with Gasteiger partial charge in [0.25, 0.3) is 5.91 Å². The maximum atomic E-state index is 11.8. The van der Waals surface area contributed by atoms with E-state index >= 15 is 0 Å². The van der Waals surface area contributed by atoms with Gasteiger partial charge in [0, 0.05) is 0 Å². The largest absolute Gasteiger partial charge is 0.465 e. The van der Waals surface area contributed by atoms with Crippen LogP contribution in [0.15, 0.2) is 20.9 Å². The second-order valence-electron chi connectivity index (χ2n) is 3.52. The van der Waals surface area contributed by atoms with Crippen molar-refractivity contribution in [3.8, 4) is 0 Å². The molecule has 0 aliphatic heterocycles. The number of anilines is 1. The Morgan fingerprint density at radius 3 is 2.95 bits per heavy atom. The van der Waals surface area contributed by atoms with Gasteiger partial charge in [-0.1, -0.05) is 23.1 Å². The summed E-state index contributed by atoms with van der Waals surface area (Å²) in [6, 6.07) is 2.92. The normalized spacial score (nSPS) is 10.4. The van der Waals surface area contributed by atoms with Gasteiger partial charge in [0.05, 0.1) is 12.4 Å². The van der Waals surface area contributed by atoms with E-state index in [-0.39, 0.29) is 22.7 Å². The van der Waals surface area contributed by atoms with Crippen LogP contribution >= 0.6 is 34.7 Å². The maximum Gasteiger partial charge on any atom is 0.316 e. The topological polar surface area (TPSA) is 94.3 Å². The van der Waals surface area contributed by atoms with E-state index in [2.05, 4.69) is 15.5 Å². The number of rotatable bonds is 6. The molecule has 0 saturated heterocycles. The predicted molar refractivity (Wildman–Crippen MR) is 78.9 cm³/mol. The van der Waals surface area contributed by atoms with Crippen LogP contribution in [0.25, 0.3) is 0 Å². The molecule has 0 aliphatic rings. The zero-order valence-electron chi connectivity index (χ0n) is 10.8. The van der Waals surface area contributed by atoms with Gasteiger partial charge in [-0.2, -0.15) is 0 Å². The molecule has 21 heavy (non-hydrogen) atoms. The number of aromatic nitrogens is 2. The molecule has 0 radical (unpaired) electrons. The number of hydrogen-bond donors (Lipinski definition) is 1. The molecule has 0 bridgehead atoms. The second-order valence-corrected chi connectivity index (χ2v) is 6.10. The molecular weight excluding hydrogens is 338 g/mol. The van der Waals surface area contributed by atoms with Gasteiger partial charge in [0.15, 0.2) is 15.3 Å². The zero-order valence-corrected chi connectivity index (χ0v) is 13.2. The minimum Gasteiger partial charge on any atom is -0.465 e. The van der Waals surface area contributed by atoms with Gasteiger partial charge >= 0.3 is 5.97 Å². The van der Waals surface area contributed by atoms with Crippen molar-refractivity contribution in [3.63, 3.8) is 0 Å². The van der Waals surface area contributed by atoms with Gasteiger partial charge in [-0.05, 0) is 30.7 Å². The fourth-order valence-corrected chi connectivity index (χ4v) is 2.93. The Labute approximate surface area is 133 Å². The summed E-state index contributed by atoms with van der Waals surface area (Å²) in [6.45, 7) is 2.07. The highest BCUT2D eigenvalue weighted by molar-refractivity contribution is 8.01. The maximum absolute atomic E-state index is 11.8. The quantitative estimate of drug-likeness (QED) is 0.487. The number of nitrogens with zero attached hydrogens (tertiary/aromatic N) is 2. The van der Waals surface area contributed by atoms with Gasteiger partial charge in [0.2, 0.25) is 5.13 Å². The molecule has 2 heterocycles. The number of carbonyl (C=O) groups excluding carboxylic acids is 2. The first-order valence-corrected chi connectivity index (χ1v) is 7.95. The van der Waals surface area contributed by atoms with Gasteiger partial charge in [-0.15, -0.1) is 10.2 Å². The van der Waals surface area contributed by atoms with Crippen LogP contribution in [0.4, 0.5) is 5.13 Å². The van der Waals surface area contributed by atoms with Crippen molar-refractivity contribution in [1.82, 2.24) is 10.2 Å². The second kappa shape index (κ2) is 7.43. The van der Waals surface area contributed by atoms with Gasteiger partial charge in [-0.25, -0.2) is 0 Å². The minimum absolute atomic E-state index is 0.0796. The average molecular weight is 348 g/mol. The molecule has 2 aromatic heterocycles. The lowest BCUT2D eigenvalue weighted by atomic mass is 10.4. The van der Waals surface area contributed by atoms with E-state index in [0.717, 1.165) is 11.3 Å². The Morgan fingerprint density at radius 1 is 1.48 bits per heavy atom. The lowest BCUT2D eigenvalue weighted by Crippen LogP contribution is -2.10. The third-order valence-electron chi connectivity index (χ3n) is 2.04. The first kappa shape index (κ1) is 15.8. The third kappa shape index (κ3) is 4.73. The van der Waals surface area contributed by atoms with Crippen molar-refractivity contribution in [2.75, 3.05) is 17.7 Å². The fourth-order valence-electron chi connectivity index (χ4n) is 1.24. The number of furan rings is 1. The standard InChI is InChI=1S/C11H10ClN3O4S2/c1-2-18-8(16)5-20-11-15-14-10(21-11)13-9(17)6-3-4-7(12)19-6/h3-4H,2,5H2,1H3,(H,13,14,17). The molecule has 1 N–H and O–H groups in total. The Bertz CT molecular complexity index is 643. The lowest BCUT2D eigenvalue weighted by molar-refractivity contribution is -0.139. The lowest BCUT2D eigenvalue weighted by Gasteiger charge is -1.98. The Morgan fingerprint density at radius 2 is 2.29 bits per heavy atom. The molecule has 0 aliphatic carbocycles. The summed E-state index contributed by atoms with van der Waals surface area (Å²) < 4.78 is 10.3. The van der Waals surface area contributed by atoms with Crippen LogP contribution < -0.4 is 5.32 Å². The molecule has 0 spiro atoms. The SMILES string of the molecule is CCOC(=O)CSc1nnc(NC(=O)c2ccc(Cl)o2)s1. The number of amides is 1. The van der Waals surface area contributed by atoms with Crippen molar-refractivity contribution < 1.29 is 18.7 Å². The molecule has 1 amide bonds. The van der Waals surface area contributed by atoms with Crippen molar-refractivity contribution in [2.24, 2.45) is 0 Å². The minimum atomic E-state index is -0.472. The van der Waals surface area contributed by atoms with Gasteiger partial charge in [0.1, 0.15) is 0 Å². The number of esters is 1. The van der Waals surface area contributed by atoms with Crippen LogP contribution in [-0.4, -0.2) is 34.4 Å². The molecular formula is C11H10ClN3O4S2. The molecule has 2 rings (SSSR count). The van der Waals surface area contributed by atoms with Crippen LogP contribution in [0.2, 0.25) is 5.22 Å². The molecule has 2 aromatic rings. The van der Waals surface area contributed by atoms with E-state index < -0.39 is 5.91 Å². The van der Waals surface area contributed by atoms with Crippen LogP contribution in [0.5, 0.6) is 0 Å². The molecule has 10 heteroatoms. The van der Waals surface area contributed by atoms with E-state index in [1.54, 1.807) is 6.92 Å². The van der Waals surface area contributed by atoms with E-state index in [0.29, 0.717) is 16.1 Å². The first-order chi connectivity index (χ1) is 10.1. The Kier molecular flexibility index (Phi) is 5.59.